The van der Waals surface area contributed by atoms with Crippen LogP contribution in [0.25, 0.3) is 0 Å². The number of benzene rings is 1. The van der Waals surface area contributed by atoms with Gasteiger partial charge in [-0.15, -0.1) is 0 Å². The van der Waals surface area contributed by atoms with Crippen molar-refractivity contribution in [3.8, 4) is 0 Å². The molecule has 96 valence electrons. The van der Waals surface area contributed by atoms with E-state index in [1.165, 1.54) is 12.1 Å². The van der Waals surface area contributed by atoms with Crippen molar-refractivity contribution < 1.29 is 14.0 Å². The van der Waals surface area contributed by atoms with E-state index in [1.54, 1.807) is 11.0 Å². The fourth-order valence-corrected chi connectivity index (χ4v) is 2.07. The third-order valence-electron chi connectivity index (χ3n) is 3.02. The highest BCUT2D eigenvalue weighted by atomic mass is 19.1. The maximum Gasteiger partial charge on any atom is 0.240 e. The lowest BCUT2D eigenvalue weighted by molar-refractivity contribution is -0.135. The van der Waals surface area contributed by atoms with Crippen molar-refractivity contribution in [3.05, 3.63) is 35.1 Å². The third kappa shape index (κ3) is 3.13. The van der Waals surface area contributed by atoms with E-state index in [0.29, 0.717) is 13.0 Å². The van der Waals surface area contributed by atoms with Crippen molar-refractivity contribution in [2.75, 3.05) is 19.6 Å². The number of imide groups is 1. The van der Waals surface area contributed by atoms with Gasteiger partial charge in [0, 0.05) is 6.54 Å². The van der Waals surface area contributed by atoms with E-state index in [9.17, 15) is 14.0 Å². The van der Waals surface area contributed by atoms with E-state index < -0.39 is 0 Å². The second kappa shape index (κ2) is 5.27. The Morgan fingerprint density at radius 3 is 2.56 bits per heavy atom. The molecule has 18 heavy (non-hydrogen) atoms. The van der Waals surface area contributed by atoms with Crippen molar-refractivity contribution in [1.82, 2.24) is 10.2 Å². The normalized spacial score (nSPS) is 16.8. The Bertz CT molecular complexity index is 472. The summed E-state index contributed by atoms with van der Waals surface area (Å²) in [5.41, 5.74) is 1.93. The van der Waals surface area contributed by atoms with Gasteiger partial charge in [0.25, 0.3) is 0 Å². The summed E-state index contributed by atoms with van der Waals surface area (Å²) in [6.45, 7) is 2.95. The van der Waals surface area contributed by atoms with Gasteiger partial charge in [-0.2, -0.15) is 0 Å². The van der Waals surface area contributed by atoms with Crippen LogP contribution in [0.2, 0.25) is 0 Å². The van der Waals surface area contributed by atoms with E-state index in [-0.39, 0.29) is 30.7 Å². The molecule has 0 aliphatic carbocycles. The predicted octanol–water partition coefficient (Wildman–Crippen LogP) is 0.635. The molecule has 2 amide bonds. The highest BCUT2D eigenvalue weighted by molar-refractivity contribution is 5.99. The molecule has 0 bridgehead atoms. The smallest absolute Gasteiger partial charge is 0.240 e. The Labute approximate surface area is 105 Å². The number of nitrogens with zero attached hydrogens (tertiary/aromatic N) is 1. The summed E-state index contributed by atoms with van der Waals surface area (Å²) >= 11 is 0. The van der Waals surface area contributed by atoms with Gasteiger partial charge in [-0.3, -0.25) is 19.8 Å². The molecule has 0 unspecified atom stereocenters. The number of carbonyl (C=O) groups is 2. The molecule has 0 aromatic heterocycles. The standard InChI is InChI=1S/C13H15FN2O2/c1-9-6-11(14)3-2-10(9)4-5-16-7-12(17)15-13(18)8-16/h2-3,6H,4-5,7-8H2,1H3,(H,15,17,18). The van der Waals surface area contributed by atoms with Crippen molar-refractivity contribution in [3.63, 3.8) is 0 Å². The largest absolute Gasteiger partial charge is 0.294 e. The minimum Gasteiger partial charge on any atom is -0.294 e. The van der Waals surface area contributed by atoms with Gasteiger partial charge in [0.1, 0.15) is 5.82 Å². The summed E-state index contributed by atoms with van der Waals surface area (Å²) < 4.78 is 12.9. The highest BCUT2D eigenvalue weighted by Crippen LogP contribution is 2.11. The van der Waals surface area contributed by atoms with Gasteiger partial charge in [0.05, 0.1) is 13.1 Å². The molecule has 0 radical (unpaired) electrons. The van der Waals surface area contributed by atoms with Crippen LogP contribution in [0.5, 0.6) is 0 Å². The fourth-order valence-electron chi connectivity index (χ4n) is 2.07. The molecule has 0 saturated carbocycles. The average Bonchev–Trinajstić information content (AvgIpc) is 2.26. The number of hydrogen-bond donors (Lipinski definition) is 1. The van der Waals surface area contributed by atoms with Crippen LogP contribution in [0, 0.1) is 12.7 Å². The molecule has 1 fully saturated rings. The average molecular weight is 250 g/mol. The molecule has 5 heteroatoms. The van der Waals surface area contributed by atoms with E-state index in [2.05, 4.69) is 5.32 Å². The van der Waals surface area contributed by atoms with Gasteiger partial charge in [-0.05, 0) is 36.6 Å². The van der Waals surface area contributed by atoms with Crippen LogP contribution in [0.3, 0.4) is 0 Å². The maximum absolute atomic E-state index is 12.9. The van der Waals surface area contributed by atoms with E-state index in [0.717, 1.165) is 11.1 Å². The highest BCUT2D eigenvalue weighted by Gasteiger charge is 2.21. The first-order valence-corrected chi connectivity index (χ1v) is 5.84. The van der Waals surface area contributed by atoms with Gasteiger partial charge >= 0.3 is 0 Å². The first-order valence-electron chi connectivity index (χ1n) is 5.84. The first kappa shape index (κ1) is 12.7. The molecule has 1 N–H and O–H groups in total. The molecule has 1 aliphatic heterocycles. The number of rotatable bonds is 3. The summed E-state index contributed by atoms with van der Waals surface area (Å²) in [6, 6.07) is 4.66. The minimum atomic E-state index is -0.262. The fraction of sp³-hybridized carbons (Fsp3) is 0.385. The quantitative estimate of drug-likeness (QED) is 0.801. The maximum atomic E-state index is 12.9. The van der Waals surface area contributed by atoms with Crippen LogP contribution < -0.4 is 5.32 Å². The Kier molecular flexibility index (Phi) is 3.72. The summed E-state index contributed by atoms with van der Waals surface area (Å²) in [5.74, 6) is -0.770. The van der Waals surface area contributed by atoms with Crippen LogP contribution in [0.15, 0.2) is 18.2 Å². The number of nitrogens with one attached hydrogen (secondary N) is 1. The van der Waals surface area contributed by atoms with Crippen molar-refractivity contribution in [2.45, 2.75) is 13.3 Å². The molecule has 1 aliphatic rings. The first-order chi connectivity index (χ1) is 8.54. The molecule has 4 nitrogen and oxygen atoms in total. The zero-order valence-electron chi connectivity index (χ0n) is 10.2. The van der Waals surface area contributed by atoms with Crippen LogP contribution in [0.1, 0.15) is 11.1 Å². The molecule has 1 aromatic carbocycles. The number of piperazine rings is 1. The molecule has 0 spiro atoms. The van der Waals surface area contributed by atoms with E-state index >= 15 is 0 Å². The number of hydrogen-bond acceptors (Lipinski definition) is 3. The lowest BCUT2D eigenvalue weighted by atomic mass is 10.1. The number of carbonyl (C=O) groups excluding carboxylic acids is 2. The number of aryl methyl sites for hydroxylation is 1. The van der Waals surface area contributed by atoms with Gasteiger partial charge in [-0.1, -0.05) is 6.07 Å². The molecule has 1 saturated heterocycles. The predicted molar refractivity (Wildman–Crippen MR) is 64.4 cm³/mol. The Balaban J connectivity index is 1.95. The van der Waals surface area contributed by atoms with Gasteiger partial charge in [-0.25, -0.2) is 4.39 Å². The second-order valence-corrected chi connectivity index (χ2v) is 4.50. The zero-order chi connectivity index (χ0) is 13.1. The Morgan fingerprint density at radius 1 is 1.28 bits per heavy atom. The molecule has 2 rings (SSSR count). The molecule has 1 heterocycles. The van der Waals surface area contributed by atoms with E-state index in [4.69, 9.17) is 0 Å². The summed E-state index contributed by atoms with van der Waals surface area (Å²) in [7, 11) is 0. The van der Waals surface area contributed by atoms with Crippen molar-refractivity contribution >= 4 is 11.8 Å². The monoisotopic (exact) mass is 250 g/mol. The van der Waals surface area contributed by atoms with Crippen molar-refractivity contribution in [1.29, 1.82) is 0 Å². The molecule has 0 atom stereocenters. The minimum absolute atomic E-state index is 0.242. The molecule has 1 aromatic rings. The molecular weight excluding hydrogens is 235 g/mol. The third-order valence-corrected chi connectivity index (χ3v) is 3.02. The topological polar surface area (TPSA) is 49.4 Å². The van der Waals surface area contributed by atoms with Gasteiger partial charge in [0.2, 0.25) is 11.8 Å². The van der Waals surface area contributed by atoms with E-state index in [1.807, 2.05) is 6.92 Å². The van der Waals surface area contributed by atoms with Crippen LogP contribution in [-0.2, 0) is 16.0 Å². The Hall–Kier alpha value is -1.75. The number of halogens is 1. The summed E-state index contributed by atoms with van der Waals surface area (Å²) in [5, 5.41) is 2.26. The second-order valence-electron chi connectivity index (χ2n) is 4.50. The van der Waals surface area contributed by atoms with Crippen molar-refractivity contribution in [2.24, 2.45) is 0 Å². The van der Waals surface area contributed by atoms with Gasteiger partial charge < -0.3 is 0 Å². The van der Waals surface area contributed by atoms with Crippen LogP contribution in [-0.4, -0.2) is 36.3 Å². The van der Waals surface area contributed by atoms with Crippen LogP contribution in [0.4, 0.5) is 4.39 Å². The lowest BCUT2D eigenvalue weighted by Gasteiger charge is -2.25. The van der Waals surface area contributed by atoms with Crippen LogP contribution >= 0.6 is 0 Å². The Morgan fingerprint density at radius 2 is 1.94 bits per heavy atom. The summed E-state index contributed by atoms with van der Waals surface area (Å²) in [6.07, 6.45) is 0.701. The van der Waals surface area contributed by atoms with Gasteiger partial charge in [0.15, 0.2) is 0 Å². The lowest BCUT2D eigenvalue weighted by Crippen LogP contribution is -2.51. The SMILES string of the molecule is Cc1cc(F)ccc1CCN1CC(=O)NC(=O)C1. The summed E-state index contributed by atoms with van der Waals surface area (Å²) in [4.78, 5) is 24.2. The zero-order valence-corrected chi connectivity index (χ0v) is 10.2. The molecular formula is C13H15FN2O2. The number of amides is 2.